The lowest BCUT2D eigenvalue weighted by Crippen LogP contribution is -2.21. The van der Waals surface area contributed by atoms with Crippen LogP contribution in [-0.2, 0) is 6.42 Å². The fraction of sp³-hybridized carbons (Fsp3) is 0.235. The van der Waals surface area contributed by atoms with Gasteiger partial charge in [0.05, 0.1) is 11.0 Å². The lowest BCUT2D eigenvalue weighted by molar-refractivity contribution is 0.641. The molecule has 0 aliphatic heterocycles. The molecule has 1 atom stereocenters. The Morgan fingerprint density at radius 3 is 2.71 bits per heavy atom. The fourth-order valence-electron chi connectivity index (χ4n) is 2.28. The van der Waals surface area contributed by atoms with Crippen molar-refractivity contribution in [1.82, 2.24) is 9.97 Å². The first-order valence-corrected chi connectivity index (χ1v) is 8.04. The Labute approximate surface area is 129 Å². The molecular weight excluding hydrogens is 278 g/mol. The van der Waals surface area contributed by atoms with Crippen molar-refractivity contribution in [1.29, 1.82) is 0 Å². The third-order valence-electron chi connectivity index (χ3n) is 3.55. The highest BCUT2D eigenvalue weighted by Gasteiger charge is 2.10. The van der Waals surface area contributed by atoms with Crippen LogP contribution in [0.25, 0.3) is 11.0 Å². The van der Waals surface area contributed by atoms with E-state index in [0.717, 1.165) is 29.0 Å². The van der Waals surface area contributed by atoms with Crippen LogP contribution in [-0.4, -0.2) is 16.0 Å². The highest BCUT2D eigenvalue weighted by Crippen LogP contribution is 2.30. The molecule has 0 aliphatic carbocycles. The van der Waals surface area contributed by atoms with Crippen molar-refractivity contribution in [3.05, 3.63) is 54.1 Å². The summed E-state index contributed by atoms with van der Waals surface area (Å²) in [5, 5.41) is 0.925. The molecule has 1 heterocycles. The molecule has 0 amide bonds. The molecule has 0 fully saturated rings. The van der Waals surface area contributed by atoms with Gasteiger partial charge in [-0.05, 0) is 36.6 Å². The van der Waals surface area contributed by atoms with Crippen LogP contribution < -0.4 is 5.73 Å². The van der Waals surface area contributed by atoms with E-state index in [1.807, 2.05) is 24.3 Å². The second-order valence-electron chi connectivity index (χ2n) is 5.14. The Bertz CT molecular complexity index is 702. The van der Waals surface area contributed by atoms with Gasteiger partial charge in [-0.25, -0.2) is 4.98 Å². The van der Waals surface area contributed by atoms with E-state index in [9.17, 15) is 0 Å². The summed E-state index contributed by atoms with van der Waals surface area (Å²) in [4.78, 5) is 9.21. The number of aromatic nitrogens is 2. The number of rotatable bonds is 5. The van der Waals surface area contributed by atoms with Crippen LogP contribution in [0.4, 0.5) is 0 Å². The number of H-pyrrole nitrogens is 1. The van der Waals surface area contributed by atoms with Crippen molar-refractivity contribution in [3.63, 3.8) is 0 Å². The maximum Gasteiger partial charge on any atom is 0.171 e. The number of nitrogens with one attached hydrogen (secondary N) is 1. The van der Waals surface area contributed by atoms with Crippen molar-refractivity contribution in [3.8, 4) is 0 Å². The summed E-state index contributed by atoms with van der Waals surface area (Å²) < 4.78 is 0. The van der Waals surface area contributed by atoms with Crippen LogP contribution in [0, 0.1) is 0 Å². The Kier molecular flexibility index (Phi) is 4.27. The highest BCUT2D eigenvalue weighted by atomic mass is 32.2. The predicted octanol–water partition coefficient (Wildman–Crippen LogP) is 3.99. The van der Waals surface area contributed by atoms with Crippen molar-refractivity contribution < 1.29 is 0 Å². The van der Waals surface area contributed by atoms with Crippen LogP contribution in [0.2, 0.25) is 0 Å². The molecule has 1 aromatic heterocycles. The first-order valence-electron chi connectivity index (χ1n) is 7.22. The average Bonchev–Trinajstić information content (AvgIpc) is 2.91. The summed E-state index contributed by atoms with van der Waals surface area (Å²) >= 11 is 1.67. The van der Waals surface area contributed by atoms with Gasteiger partial charge in [-0.3, -0.25) is 0 Å². The molecule has 0 radical (unpaired) electrons. The molecule has 2 aromatic carbocycles. The van der Waals surface area contributed by atoms with Crippen molar-refractivity contribution in [2.45, 2.75) is 35.9 Å². The Balaban J connectivity index is 1.87. The monoisotopic (exact) mass is 297 g/mol. The molecule has 4 heteroatoms. The van der Waals surface area contributed by atoms with E-state index < -0.39 is 0 Å². The largest absolute Gasteiger partial charge is 0.333 e. The van der Waals surface area contributed by atoms with Crippen molar-refractivity contribution in [2.24, 2.45) is 5.73 Å². The van der Waals surface area contributed by atoms with E-state index in [-0.39, 0.29) is 6.04 Å². The second-order valence-corrected chi connectivity index (χ2v) is 6.17. The van der Waals surface area contributed by atoms with E-state index >= 15 is 0 Å². The molecule has 0 saturated heterocycles. The molecule has 3 aromatic rings. The normalized spacial score (nSPS) is 12.7. The third kappa shape index (κ3) is 3.28. The van der Waals surface area contributed by atoms with Gasteiger partial charge >= 0.3 is 0 Å². The smallest absolute Gasteiger partial charge is 0.171 e. The molecule has 3 rings (SSSR count). The molecule has 0 bridgehead atoms. The Hall–Kier alpha value is -1.78. The van der Waals surface area contributed by atoms with Gasteiger partial charge in [0, 0.05) is 10.9 Å². The van der Waals surface area contributed by atoms with E-state index in [1.54, 1.807) is 11.8 Å². The Morgan fingerprint density at radius 2 is 1.90 bits per heavy atom. The molecule has 3 nitrogen and oxygen atoms in total. The average molecular weight is 297 g/mol. The molecule has 0 aliphatic rings. The van der Waals surface area contributed by atoms with Gasteiger partial charge in [0.25, 0.3) is 0 Å². The topological polar surface area (TPSA) is 54.7 Å². The van der Waals surface area contributed by atoms with Gasteiger partial charge in [0.15, 0.2) is 5.16 Å². The molecular formula is C17H19N3S. The van der Waals surface area contributed by atoms with Crippen LogP contribution in [0.5, 0.6) is 0 Å². The number of nitrogens with zero attached hydrogens (tertiary/aromatic N) is 1. The molecule has 0 spiro atoms. The minimum atomic E-state index is 0.211. The van der Waals surface area contributed by atoms with E-state index in [4.69, 9.17) is 5.73 Å². The molecule has 1 unspecified atom stereocenters. The zero-order valence-corrected chi connectivity index (χ0v) is 12.9. The summed E-state index contributed by atoms with van der Waals surface area (Å²) in [6, 6.07) is 16.7. The summed E-state index contributed by atoms with van der Waals surface area (Å²) in [6.07, 6.45) is 1.89. The van der Waals surface area contributed by atoms with Gasteiger partial charge in [-0.2, -0.15) is 0 Å². The van der Waals surface area contributed by atoms with Gasteiger partial charge in [-0.1, -0.05) is 49.0 Å². The summed E-state index contributed by atoms with van der Waals surface area (Å²) in [5.41, 5.74) is 9.46. The van der Waals surface area contributed by atoms with Crippen molar-refractivity contribution >= 4 is 22.8 Å². The summed E-state index contributed by atoms with van der Waals surface area (Å²) in [5.74, 6) is 0. The highest BCUT2D eigenvalue weighted by molar-refractivity contribution is 7.99. The Morgan fingerprint density at radius 1 is 1.14 bits per heavy atom. The number of hydrogen-bond donors (Lipinski definition) is 2. The number of nitrogens with two attached hydrogens (primary N) is 1. The fourth-order valence-corrected chi connectivity index (χ4v) is 3.22. The zero-order valence-electron chi connectivity index (χ0n) is 12.0. The number of hydrogen-bond acceptors (Lipinski definition) is 3. The maximum atomic E-state index is 6.10. The standard InChI is InChI=1S/C17H19N3S/c1-2-13(18)11-12-7-3-6-10-16(12)21-17-19-14-8-4-5-9-15(14)20-17/h3-10,13H,2,11,18H2,1H3,(H,19,20). The van der Waals surface area contributed by atoms with E-state index in [1.165, 1.54) is 10.5 Å². The summed E-state index contributed by atoms with van der Waals surface area (Å²) in [6.45, 7) is 2.12. The minimum absolute atomic E-state index is 0.211. The molecule has 0 saturated carbocycles. The van der Waals surface area contributed by atoms with Crippen molar-refractivity contribution in [2.75, 3.05) is 0 Å². The van der Waals surface area contributed by atoms with Crippen LogP contribution in [0.15, 0.2) is 58.6 Å². The van der Waals surface area contributed by atoms with Crippen LogP contribution in [0.3, 0.4) is 0 Å². The summed E-state index contributed by atoms with van der Waals surface area (Å²) in [7, 11) is 0. The molecule has 3 N–H and O–H groups in total. The number of aromatic amines is 1. The third-order valence-corrected chi connectivity index (χ3v) is 4.56. The van der Waals surface area contributed by atoms with Gasteiger partial charge < -0.3 is 10.7 Å². The van der Waals surface area contributed by atoms with Crippen LogP contribution in [0.1, 0.15) is 18.9 Å². The number of para-hydroxylation sites is 2. The second kappa shape index (κ2) is 6.33. The predicted molar refractivity (Wildman–Crippen MR) is 88.6 cm³/mol. The maximum absolute atomic E-state index is 6.10. The lowest BCUT2D eigenvalue weighted by atomic mass is 10.1. The first-order chi connectivity index (χ1) is 10.3. The minimum Gasteiger partial charge on any atom is -0.333 e. The van der Waals surface area contributed by atoms with Gasteiger partial charge in [-0.15, -0.1) is 0 Å². The molecule has 21 heavy (non-hydrogen) atoms. The number of benzene rings is 2. The SMILES string of the molecule is CCC(N)Cc1ccccc1Sc1nc2ccccc2[nH]1. The lowest BCUT2D eigenvalue weighted by Gasteiger charge is -2.12. The van der Waals surface area contributed by atoms with E-state index in [2.05, 4.69) is 41.2 Å². The van der Waals surface area contributed by atoms with Gasteiger partial charge in [0.2, 0.25) is 0 Å². The molecule has 108 valence electrons. The number of fused-ring (bicyclic) bond motifs is 1. The number of imidazole rings is 1. The van der Waals surface area contributed by atoms with E-state index in [0.29, 0.717) is 0 Å². The van der Waals surface area contributed by atoms with Gasteiger partial charge in [0.1, 0.15) is 0 Å². The zero-order chi connectivity index (χ0) is 14.7. The van der Waals surface area contributed by atoms with Crippen LogP contribution >= 0.6 is 11.8 Å². The first kappa shape index (κ1) is 14.2. The quantitative estimate of drug-likeness (QED) is 0.748.